The molecule has 0 saturated carbocycles. The average Bonchev–Trinajstić information content (AvgIpc) is 2.68. The lowest BCUT2D eigenvalue weighted by molar-refractivity contribution is 0.102. The molecule has 3 N–H and O–H groups in total. The Morgan fingerprint density at radius 3 is 2.66 bits per heavy atom. The summed E-state index contributed by atoms with van der Waals surface area (Å²) in [6, 6.07) is 4.18. The molecule has 0 fully saturated rings. The Kier molecular flexibility index (Phi) is 5.65. The predicted molar refractivity (Wildman–Crippen MR) is 107 cm³/mol. The van der Waals surface area contributed by atoms with Gasteiger partial charge in [0.1, 0.15) is 17.3 Å². The highest BCUT2D eigenvalue weighted by Crippen LogP contribution is 2.33. The number of amides is 1. The van der Waals surface area contributed by atoms with Crippen molar-refractivity contribution < 1.29 is 22.5 Å². The Bertz CT molecular complexity index is 1010. The number of ether oxygens (including phenoxy) is 1. The molecule has 29 heavy (non-hydrogen) atoms. The van der Waals surface area contributed by atoms with Gasteiger partial charge in [-0.1, -0.05) is 0 Å². The van der Waals surface area contributed by atoms with Gasteiger partial charge in [0.25, 0.3) is 5.91 Å². The zero-order valence-electron chi connectivity index (χ0n) is 16.0. The average molecular weight is 422 g/mol. The number of amidine groups is 1. The highest BCUT2D eigenvalue weighted by atomic mass is 32.2. The molecular weight excluding hydrogens is 402 g/mol. The Balaban J connectivity index is 1.91. The van der Waals surface area contributed by atoms with Crippen LogP contribution in [0.4, 0.5) is 14.5 Å². The molecule has 1 aromatic heterocycles. The van der Waals surface area contributed by atoms with Crippen molar-refractivity contribution in [3.63, 3.8) is 0 Å². The predicted octanol–water partition coefficient (Wildman–Crippen LogP) is 2.56. The summed E-state index contributed by atoms with van der Waals surface area (Å²) in [5.41, 5.74) is 5.85. The number of aromatic nitrogens is 1. The molecule has 10 heteroatoms. The third-order valence-electron chi connectivity index (χ3n) is 4.67. The number of hydrogen-bond acceptors (Lipinski definition) is 6. The number of carbonyl (C=O) groups excluding carboxylic acids is 1. The number of nitrogens with one attached hydrogen (secondary N) is 1. The summed E-state index contributed by atoms with van der Waals surface area (Å²) in [5.74, 6) is -2.33. The quantitative estimate of drug-likeness (QED) is 0.788. The van der Waals surface area contributed by atoms with Crippen LogP contribution in [0.3, 0.4) is 0 Å². The zero-order valence-corrected chi connectivity index (χ0v) is 16.8. The number of nitrogens with zero attached hydrogens (tertiary/aromatic N) is 2. The Labute approximate surface area is 168 Å². The van der Waals surface area contributed by atoms with Gasteiger partial charge in [0.05, 0.1) is 29.8 Å². The van der Waals surface area contributed by atoms with E-state index in [-0.39, 0.29) is 28.5 Å². The normalized spacial score (nSPS) is 20.7. The fourth-order valence-corrected chi connectivity index (χ4v) is 3.99. The number of halogens is 2. The van der Waals surface area contributed by atoms with Crippen molar-refractivity contribution in [2.75, 3.05) is 18.2 Å². The first-order valence-corrected chi connectivity index (χ1v) is 9.98. The molecule has 154 valence electrons. The number of aliphatic imine (C=N–C) groups is 1. The van der Waals surface area contributed by atoms with Gasteiger partial charge in [-0.25, -0.2) is 13.8 Å². The van der Waals surface area contributed by atoms with Gasteiger partial charge in [-0.3, -0.25) is 14.0 Å². The SMILES string of the molecule is COc1ccc(C(=O)Nc2cc(F)c(F)c(C3CS(=O)C(C)(C)C(N)=N3)c2)nc1. The van der Waals surface area contributed by atoms with Crippen LogP contribution in [0.2, 0.25) is 0 Å². The molecule has 1 aliphatic rings. The number of hydrogen-bond donors (Lipinski definition) is 2. The summed E-state index contributed by atoms with van der Waals surface area (Å²) in [5, 5.41) is 2.48. The second-order valence-electron chi connectivity index (χ2n) is 6.95. The highest BCUT2D eigenvalue weighted by molar-refractivity contribution is 7.87. The van der Waals surface area contributed by atoms with Gasteiger partial charge in [-0.15, -0.1) is 0 Å². The molecule has 2 unspecified atom stereocenters. The molecule has 2 atom stereocenters. The van der Waals surface area contributed by atoms with Crippen molar-refractivity contribution in [2.45, 2.75) is 24.6 Å². The Morgan fingerprint density at radius 1 is 1.34 bits per heavy atom. The summed E-state index contributed by atoms with van der Waals surface area (Å²) in [6.45, 7) is 3.35. The van der Waals surface area contributed by atoms with Crippen LogP contribution >= 0.6 is 0 Å². The topological polar surface area (TPSA) is 107 Å². The van der Waals surface area contributed by atoms with E-state index in [1.54, 1.807) is 19.9 Å². The van der Waals surface area contributed by atoms with Crippen LogP contribution in [0.5, 0.6) is 5.75 Å². The molecule has 0 bridgehead atoms. The monoisotopic (exact) mass is 422 g/mol. The summed E-state index contributed by atoms with van der Waals surface area (Å²) in [7, 11) is 0.0360. The summed E-state index contributed by atoms with van der Waals surface area (Å²) in [4.78, 5) is 20.5. The molecule has 2 aromatic rings. The molecule has 2 heterocycles. The lowest BCUT2D eigenvalue weighted by Crippen LogP contribution is -2.47. The minimum atomic E-state index is -1.43. The fraction of sp³-hybridized carbons (Fsp3) is 0.316. The molecule has 0 spiro atoms. The minimum absolute atomic E-state index is 0.0124. The van der Waals surface area contributed by atoms with Crippen LogP contribution < -0.4 is 15.8 Å². The first kappa shape index (κ1) is 20.8. The number of carbonyl (C=O) groups is 1. The fourth-order valence-electron chi connectivity index (χ4n) is 2.74. The lowest BCUT2D eigenvalue weighted by atomic mass is 10.1. The van der Waals surface area contributed by atoms with Crippen molar-refractivity contribution in [3.05, 3.63) is 53.4 Å². The van der Waals surface area contributed by atoms with Gasteiger partial charge in [0.15, 0.2) is 11.6 Å². The van der Waals surface area contributed by atoms with Crippen LogP contribution in [-0.2, 0) is 10.8 Å². The first-order chi connectivity index (χ1) is 13.6. The van der Waals surface area contributed by atoms with E-state index in [0.717, 1.165) is 6.07 Å². The maximum absolute atomic E-state index is 14.4. The van der Waals surface area contributed by atoms with Gasteiger partial charge in [-0.2, -0.15) is 0 Å². The Hall–Kier alpha value is -2.88. The van der Waals surface area contributed by atoms with Gasteiger partial charge in [0, 0.05) is 28.1 Å². The Morgan fingerprint density at radius 2 is 2.07 bits per heavy atom. The standard InChI is InChI=1S/C19H20F2N4O3S/c1-19(2)18(22)25-15(9-29(19)27)12-6-10(7-13(20)16(12)21)24-17(26)14-5-4-11(28-3)8-23-14/h4-8,15H,9H2,1-3H3,(H2,22,25)(H,24,26). The molecule has 1 aromatic carbocycles. The lowest BCUT2D eigenvalue weighted by Gasteiger charge is -2.31. The molecule has 7 nitrogen and oxygen atoms in total. The van der Waals surface area contributed by atoms with E-state index in [9.17, 15) is 17.8 Å². The second-order valence-corrected chi connectivity index (χ2v) is 9.00. The van der Waals surface area contributed by atoms with Gasteiger partial charge in [0.2, 0.25) is 0 Å². The van der Waals surface area contributed by atoms with Crippen molar-refractivity contribution in [1.82, 2.24) is 4.98 Å². The largest absolute Gasteiger partial charge is 0.495 e. The third kappa shape index (κ3) is 4.12. The van der Waals surface area contributed by atoms with E-state index < -0.39 is 39.1 Å². The smallest absolute Gasteiger partial charge is 0.274 e. The van der Waals surface area contributed by atoms with Gasteiger partial charge in [-0.05, 0) is 32.0 Å². The molecule has 0 radical (unpaired) electrons. The van der Waals surface area contributed by atoms with Crippen molar-refractivity contribution in [2.24, 2.45) is 10.7 Å². The summed E-state index contributed by atoms with van der Waals surface area (Å²) >= 11 is 0. The van der Waals surface area contributed by atoms with Gasteiger partial charge < -0.3 is 15.8 Å². The van der Waals surface area contributed by atoms with Crippen molar-refractivity contribution in [1.29, 1.82) is 0 Å². The summed E-state index contributed by atoms with van der Waals surface area (Å²) < 4.78 is 45.2. The minimum Gasteiger partial charge on any atom is -0.495 e. The molecule has 1 amide bonds. The third-order valence-corrected chi connectivity index (χ3v) is 6.63. The second kappa shape index (κ2) is 7.86. The van der Waals surface area contributed by atoms with Crippen molar-refractivity contribution >= 4 is 28.2 Å². The van der Waals surface area contributed by atoms with Crippen molar-refractivity contribution in [3.8, 4) is 5.75 Å². The van der Waals surface area contributed by atoms with E-state index in [4.69, 9.17) is 10.5 Å². The number of pyridine rings is 1. The van der Waals surface area contributed by atoms with Crippen LogP contribution in [0.15, 0.2) is 35.5 Å². The molecule has 0 aliphatic carbocycles. The van der Waals surface area contributed by atoms with Crippen LogP contribution in [0, 0.1) is 11.6 Å². The van der Waals surface area contributed by atoms with E-state index in [2.05, 4.69) is 15.3 Å². The van der Waals surface area contributed by atoms with E-state index in [0.29, 0.717) is 5.75 Å². The number of benzene rings is 1. The van der Waals surface area contributed by atoms with E-state index in [1.807, 2.05) is 0 Å². The molecule has 3 rings (SSSR count). The number of methoxy groups -OCH3 is 1. The zero-order chi connectivity index (χ0) is 21.3. The van der Waals surface area contributed by atoms with E-state index >= 15 is 0 Å². The first-order valence-electron chi connectivity index (χ1n) is 8.66. The van der Waals surface area contributed by atoms with Crippen LogP contribution in [0.1, 0.15) is 35.9 Å². The number of anilines is 1. The van der Waals surface area contributed by atoms with Crippen LogP contribution in [0.25, 0.3) is 0 Å². The molecule has 0 saturated heterocycles. The van der Waals surface area contributed by atoms with Gasteiger partial charge >= 0.3 is 0 Å². The van der Waals surface area contributed by atoms with Crippen LogP contribution in [-0.4, -0.2) is 38.5 Å². The molecule has 1 aliphatic heterocycles. The molecular formula is C19H20F2N4O3S. The highest BCUT2D eigenvalue weighted by Gasteiger charge is 2.38. The maximum atomic E-state index is 14.4. The summed E-state index contributed by atoms with van der Waals surface area (Å²) in [6.07, 6.45) is 1.36. The number of nitrogens with two attached hydrogens (primary N) is 1. The van der Waals surface area contributed by atoms with E-state index in [1.165, 1.54) is 25.4 Å². The maximum Gasteiger partial charge on any atom is 0.274 e. The number of rotatable bonds is 4.